The normalized spacial score (nSPS) is 13.3. The molecule has 2 rings (SSSR count). The van der Waals surface area contributed by atoms with Crippen molar-refractivity contribution in [3.05, 3.63) is 24.2 Å². The third kappa shape index (κ3) is 3.51. The summed E-state index contributed by atoms with van der Waals surface area (Å²) in [6.07, 6.45) is 4.06. The molecule has 0 fully saturated rings. The van der Waals surface area contributed by atoms with Gasteiger partial charge in [-0.1, -0.05) is 27.7 Å². The van der Waals surface area contributed by atoms with E-state index in [9.17, 15) is 4.79 Å². The number of carboxylic acid groups (broad SMARTS) is 1. The molecule has 0 saturated carbocycles. The van der Waals surface area contributed by atoms with Gasteiger partial charge in [-0.3, -0.25) is 4.79 Å². The number of hydrogen-bond acceptors (Lipinski definition) is 4. The maximum atomic E-state index is 10.8. The molecule has 0 aromatic carbocycles. The van der Waals surface area contributed by atoms with Gasteiger partial charge in [0.1, 0.15) is 5.52 Å². The maximum Gasteiger partial charge on any atom is 0.306 e. The third-order valence-corrected chi connectivity index (χ3v) is 3.45. The van der Waals surface area contributed by atoms with Gasteiger partial charge in [-0.05, 0) is 12.5 Å². The molecule has 0 spiro atoms. The molecule has 0 amide bonds. The molecule has 0 aliphatic rings. The Balaban J connectivity index is 2.17. The number of aromatic nitrogens is 3. The van der Waals surface area contributed by atoms with E-state index in [1.165, 1.54) is 0 Å². The molecular weight excluding hydrogens is 268 g/mol. The Kier molecular flexibility index (Phi) is 4.16. The minimum Gasteiger partial charge on any atom is -0.481 e. The molecule has 0 radical (unpaired) electrons. The molecule has 0 aliphatic heterocycles. The predicted octanol–water partition coefficient (Wildman–Crippen LogP) is 2.55. The van der Waals surface area contributed by atoms with Gasteiger partial charge in [0, 0.05) is 24.4 Å². The van der Waals surface area contributed by atoms with E-state index in [4.69, 9.17) is 5.11 Å². The van der Waals surface area contributed by atoms with Crippen LogP contribution in [-0.2, 0) is 10.2 Å². The van der Waals surface area contributed by atoms with E-state index in [0.29, 0.717) is 13.0 Å². The first-order valence-electron chi connectivity index (χ1n) is 7.10. The predicted molar refractivity (Wildman–Crippen MR) is 81.6 cm³/mol. The number of rotatable bonds is 5. The number of hydrogen-bond donors (Lipinski definition) is 2. The summed E-state index contributed by atoms with van der Waals surface area (Å²) < 4.78 is 1.80. The van der Waals surface area contributed by atoms with Crippen LogP contribution in [0, 0.1) is 5.92 Å². The van der Waals surface area contributed by atoms with E-state index in [1.54, 1.807) is 17.6 Å². The molecule has 6 heteroatoms. The van der Waals surface area contributed by atoms with Crippen LogP contribution in [0.5, 0.6) is 0 Å². The maximum absolute atomic E-state index is 10.8. The standard InChI is InChI=1S/C15H22N4O2/c1-10(14(20)21)5-6-16-13-11-9-12(15(2,3)4)18-19(11)8-7-17-13/h7-10H,5-6H2,1-4H3,(H,16,17)(H,20,21). The Morgan fingerprint density at radius 1 is 1.48 bits per heavy atom. The van der Waals surface area contributed by atoms with E-state index in [2.05, 4.69) is 36.2 Å². The Morgan fingerprint density at radius 3 is 2.81 bits per heavy atom. The van der Waals surface area contributed by atoms with Gasteiger partial charge in [0.15, 0.2) is 5.82 Å². The zero-order chi connectivity index (χ0) is 15.6. The van der Waals surface area contributed by atoms with Gasteiger partial charge in [0.25, 0.3) is 0 Å². The molecule has 0 aliphatic carbocycles. The van der Waals surface area contributed by atoms with E-state index >= 15 is 0 Å². The first kappa shape index (κ1) is 15.3. The van der Waals surface area contributed by atoms with Crippen molar-refractivity contribution in [2.75, 3.05) is 11.9 Å². The molecule has 2 N–H and O–H groups in total. The van der Waals surface area contributed by atoms with Crippen LogP contribution < -0.4 is 5.32 Å². The van der Waals surface area contributed by atoms with Crippen LogP contribution in [0.15, 0.2) is 18.5 Å². The van der Waals surface area contributed by atoms with Crippen molar-refractivity contribution in [2.24, 2.45) is 5.92 Å². The second-order valence-corrected chi connectivity index (χ2v) is 6.34. The van der Waals surface area contributed by atoms with Gasteiger partial charge in [0.2, 0.25) is 0 Å². The molecular formula is C15H22N4O2. The van der Waals surface area contributed by atoms with Gasteiger partial charge in [0.05, 0.1) is 11.6 Å². The molecule has 6 nitrogen and oxygen atoms in total. The van der Waals surface area contributed by atoms with Crippen molar-refractivity contribution < 1.29 is 9.90 Å². The van der Waals surface area contributed by atoms with E-state index in [1.807, 2.05) is 12.3 Å². The van der Waals surface area contributed by atoms with Crippen LogP contribution in [0.2, 0.25) is 0 Å². The van der Waals surface area contributed by atoms with Crippen molar-refractivity contribution in [1.29, 1.82) is 0 Å². The molecule has 2 heterocycles. The van der Waals surface area contributed by atoms with Crippen molar-refractivity contribution in [3.8, 4) is 0 Å². The smallest absolute Gasteiger partial charge is 0.306 e. The third-order valence-electron chi connectivity index (χ3n) is 3.45. The highest BCUT2D eigenvalue weighted by atomic mass is 16.4. The lowest BCUT2D eigenvalue weighted by Gasteiger charge is -2.13. The fourth-order valence-electron chi connectivity index (χ4n) is 1.96. The van der Waals surface area contributed by atoms with Crippen LogP contribution >= 0.6 is 0 Å². The van der Waals surface area contributed by atoms with Crippen LogP contribution in [0.25, 0.3) is 5.52 Å². The average Bonchev–Trinajstić information content (AvgIpc) is 2.83. The van der Waals surface area contributed by atoms with Crippen molar-refractivity contribution in [1.82, 2.24) is 14.6 Å². The molecule has 0 bridgehead atoms. The largest absolute Gasteiger partial charge is 0.481 e. The van der Waals surface area contributed by atoms with Gasteiger partial charge in [-0.25, -0.2) is 9.50 Å². The van der Waals surface area contributed by atoms with E-state index in [-0.39, 0.29) is 11.3 Å². The Hall–Kier alpha value is -2.11. The summed E-state index contributed by atoms with van der Waals surface area (Å²) in [6.45, 7) is 8.61. The number of carboxylic acids is 1. The lowest BCUT2D eigenvalue weighted by molar-refractivity contribution is -0.141. The van der Waals surface area contributed by atoms with Gasteiger partial charge in [-0.2, -0.15) is 5.10 Å². The number of aliphatic carboxylic acids is 1. The quantitative estimate of drug-likeness (QED) is 0.884. The summed E-state index contributed by atoms with van der Waals surface area (Å²) >= 11 is 0. The Labute approximate surface area is 124 Å². The summed E-state index contributed by atoms with van der Waals surface area (Å²) in [4.78, 5) is 15.1. The fraction of sp³-hybridized carbons (Fsp3) is 0.533. The first-order valence-corrected chi connectivity index (χ1v) is 7.10. The van der Waals surface area contributed by atoms with E-state index in [0.717, 1.165) is 17.0 Å². The summed E-state index contributed by atoms with van der Waals surface area (Å²) in [6, 6.07) is 2.02. The van der Waals surface area contributed by atoms with Crippen LogP contribution in [0.4, 0.5) is 5.82 Å². The highest BCUT2D eigenvalue weighted by Crippen LogP contribution is 2.24. The number of carbonyl (C=O) groups is 1. The minimum absolute atomic E-state index is 0.0267. The molecule has 1 unspecified atom stereocenters. The van der Waals surface area contributed by atoms with Crippen LogP contribution in [-0.4, -0.2) is 32.2 Å². The van der Waals surface area contributed by atoms with Crippen LogP contribution in [0.1, 0.15) is 39.8 Å². The van der Waals surface area contributed by atoms with E-state index < -0.39 is 5.97 Å². The molecule has 2 aromatic heterocycles. The number of nitrogens with zero attached hydrogens (tertiary/aromatic N) is 3. The monoisotopic (exact) mass is 290 g/mol. The summed E-state index contributed by atoms with van der Waals surface area (Å²) in [5.41, 5.74) is 1.88. The lowest BCUT2D eigenvalue weighted by atomic mass is 9.92. The van der Waals surface area contributed by atoms with Gasteiger partial charge >= 0.3 is 5.97 Å². The van der Waals surface area contributed by atoms with Gasteiger partial charge < -0.3 is 10.4 Å². The van der Waals surface area contributed by atoms with Gasteiger partial charge in [-0.15, -0.1) is 0 Å². The molecule has 2 aromatic rings. The zero-order valence-corrected chi connectivity index (χ0v) is 12.9. The highest BCUT2D eigenvalue weighted by Gasteiger charge is 2.19. The van der Waals surface area contributed by atoms with Crippen molar-refractivity contribution >= 4 is 17.3 Å². The zero-order valence-electron chi connectivity index (χ0n) is 12.9. The second kappa shape index (κ2) is 5.71. The number of anilines is 1. The average molecular weight is 290 g/mol. The molecule has 114 valence electrons. The summed E-state index contributed by atoms with van der Waals surface area (Å²) in [7, 11) is 0. The fourth-order valence-corrected chi connectivity index (χ4v) is 1.96. The first-order chi connectivity index (χ1) is 9.79. The van der Waals surface area contributed by atoms with Crippen molar-refractivity contribution in [2.45, 2.75) is 39.5 Å². The molecule has 21 heavy (non-hydrogen) atoms. The summed E-state index contributed by atoms with van der Waals surface area (Å²) in [5.74, 6) is -0.410. The highest BCUT2D eigenvalue weighted by molar-refractivity contribution is 5.70. The minimum atomic E-state index is -0.776. The number of nitrogens with one attached hydrogen (secondary N) is 1. The van der Waals surface area contributed by atoms with Crippen molar-refractivity contribution in [3.63, 3.8) is 0 Å². The lowest BCUT2D eigenvalue weighted by Crippen LogP contribution is -2.15. The number of fused-ring (bicyclic) bond motifs is 1. The topological polar surface area (TPSA) is 79.5 Å². The molecule has 1 atom stereocenters. The Morgan fingerprint density at radius 2 is 2.19 bits per heavy atom. The molecule has 0 saturated heterocycles. The summed E-state index contributed by atoms with van der Waals surface area (Å²) in [5, 5.41) is 16.6. The Bertz CT molecular complexity index is 643. The SMILES string of the molecule is CC(CCNc1nccn2nc(C(C)(C)C)cc12)C(=O)O. The van der Waals surface area contributed by atoms with Crippen LogP contribution in [0.3, 0.4) is 0 Å². The second-order valence-electron chi connectivity index (χ2n) is 6.34.